The summed E-state index contributed by atoms with van der Waals surface area (Å²) in [6.07, 6.45) is 1.44. The second-order valence-corrected chi connectivity index (χ2v) is 6.21. The van der Waals surface area contributed by atoms with Gasteiger partial charge in [-0.1, -0.05) is 35.5 Å². The van der Waals surface area contributed by atoms with Crippen molar-refractivity contribution in [3.63, 3.8) is 0 Å². The fraction of sp³-hybridized carbons (Fsp3) is 0.400. The van der Waals surface area contributed by atoms with E-state index in [1.807, 2.05) is 30.3 Å². The van der Waals surface area contributed by atoms with Crippen LogP contribution in [0.5, 0.6) is 0 Å². The van der Waals surface area contributed by atoms with Crippen molar-refractivity contribution in [2.45, 2.75) is 31.7 Å². The Hall–Kier alpha value is -2.30. The highest BCUT2D eigenvalue weighted by Gasteiger charge is 2.31. The number of aromatic nitrogens is 2. The molecule has 2 aromatic rings. The summed E-state index contributed by atoms with van der Waals surface area (Å²) < 4.78 is 28.8. The Bertz CT molecular complexity index is 709. The topological polar surface area (TPSA) is 146 Å². The Balaban J connectivity index is 2.29. The van der Waals surface area contributed by atoms with E-state index in [9.17, 15) is 18.7 Å². The molecule has 10 heteroatoms. The quantitative estimate of drug-likeness (QED) is 0.464. The van der Waals surface area contributed by atoms with Crippen LogP contribution in [-0.4, -0.2) is 42.7 Å². The lowest BCUT2D eigenvalue weighted by atomic mass is 10.1. The summed E-state index contributed by atoms with van der Waals surface area (Å²) >= 11 is -2.85. The Morgan fingerprint density at radius 1 is 1.32 bits per heavy atom. The summed E-state index contributed by atoms with van der Waals surface area (Å²) in [4.78, 5) is 11.6. The van der Waals surface area contributed by atoms with E-state index in [0.29, 0.717) is 23.7 Å². The van der Waals surface area contributed by atoms with Crippen LogP contribution in [-0.2, 0) is 22.5 Å². The molecule has 0 fully saturated rings. The van der Waals surface area contributed by atoms with Crippen molar-refractivity contribution in [2.24, 2.45) is 5.73 Å². The van der Waals surface area contributed by atoms with Crippen molar-refractivity contribution in [1.82, 2.24) is 10.3 Å². The maximum Gasteiger partial charge on any atom is 0.327 e. The molecule has 3 N–H and O–H groups in total. The molecule has 1 heterocycles. The number of unbranched alkanes of at least 4 members (excludes halogenated alkanes) is 1. The first-order valence-corrected chi connectivity index (χ1v) is 8.74. The predicted octanol–water partition coefficient (Wildman–Crippen LogP) is 0.843. The van der Waals surface area contributed by atoms with Crippen molar-refractivity contribution in [3.05, 3.63) is 41.6 Å². The molecular formula is C15H19N4O5S-. The van der Waals surface area contributed by atoms with E-state index < -0.39 is 23.3 Å². The fourth-order valence-electron chi connectivity index (χ4n) is 2.42. The van der Waals surface area contributed by atoms with E-state index >= 15 is 0 Å². The zero-order valence-corrected chi connectivity index (χ0v) is 14.2. The number of benzene rings is 1. The van der Waals surface area contributed by atoms with Gasteiger partial charge in [-0.25, -0.2) is 9.42 Å². The highest BCUT2D eigenvalue weighted by atomic mass is 32.2. The van der Waals surface area contributed by atoms with Gasteiger partial charge in [-0.05, 0) is 36.5 Å². The van der Waals surface area contributed by atoms with Crippen LogP contribution in [0.25, 0.3) is 0 Å². The van der Waals surface area contributed by atoms with Gasteiger partial charge in [0.2, 0.25) is 5.82 Å². The average molecular weight is 367 g/mol. The molecule has 0 bridgehead atoms. The Kier molecular flexibility index (Phi) is 7.04. The lowest BCUT2D eigenvalue weighted by Gasteiger charge is -2.30. The molecule has 0 saturated carbocycles. The normalized spacial score (nSPS) is 13.4. The minimum atomic E-state index is -2.85. The summed E-state index contributed by atoms with van der Waals surface area (Å²) in [7, 11) is 0. The Morgan fingerprint density at radius 3 is 2.64 bits per heavy atom. The smallest absolute Gasteiger partial charge is 0.327 e. The van der Waals surface area contributed by atoms with Crippen molar-refractivity contribution in [2.75, 3.05) is 10.8 Å². The highest BCUT2D eigenvalue weighted by Crippen LogP contribution is 2.25. The van der Waals surface area contributed by atoms with Gasteiger partial charge >= 0.3 is 5.97 Å². The van der Waals surface area contributed by atoms with Gasteiger partial charge in [-0.15, -0.1) is 0 Å². The lowest BCUT2D eigenvalue weighted by Crippen LogP contribution is -2.43. The van der Waals surface area contributed by atoms with Crippen molar-refractivity contribution in [1.29, 1.82) is 0 Å². The van der Waals surface area contributed by atoms with Crippen molar-refractivity contribution >= 4 is 23.1 Å². The zero-order chi connectivity index (χ0) is 18.2. The lowest BCUT2D eigenvalue weighted by molar-refractivity contribution is -0.138. The monoisotopic (exact) mass is 367 g/mol. The van der Waals surface area contributed by atoms with Crippen LogP contribution in [0.2, 0.25) is 0 Å². The van der Waals surface area contributed by atoms with Crippen molar-refractivity contribution < 1.29 is 23.3 Å². The van der Waals surface area contributed by atoms with Crippen LogP contribution in [0.4, 0.5) is 5.82 Å². The van der Waals surface area contributed by atoms with E-state index in [2.05, 4.69) is 14.9 Å². The first-order valence-electron chi connectivity index (χ1n) is 7.71. The summed E-state index contributed by atoms with van der Waals surface area (Å²) in [6, 6.07) is 7.89. The third kappa shape index (κ3) is 5.08. The van der Waals surface area contributed by atoms with Gasteiger partial charge < -0.3 is 15.4 Å². The number of carboxylic acids is 1. The van der Waals surface area contributed by atoms with Gasteiger partial charge in [0.15, 0.2) is 0 Å². The molecule has 0 aliphatic rings. The predicted molar refractivity (Wildman–Crippen MR) is 89.3 cm³/mol. The average Bonchev–Trinajstić information content (AvgIpc) is 3.02. The summed E-state index contributed by atoms with van der Waals surface area (Å²) in [5.74, 6) is -1.38. The van der Waals surface area contributed by atoms with Gasteiger partial charge in [0.1, 0.15) is 11.7 Å². The number of aliphatic carboxylic acids is 1. The molecule has 0 spiro atoms. The third-order valence-corrected chi connectivity index (χ3v) is 4.37. The molecule has 1 aromatic carbocycles. The number of rotatable bonds is 10. The molecule has 2 unspecified atom stereocenters. The molecule has 25 heavy (non-hydrogen) atoms. The van der Waals surface area contributed by atoms with Crippen molar-refractivity contribution in [3.8, 4) is 0 Å². The molecular weight excluding hydrogens is 348 g/mol. The number of nitrogens with two attached hydrogens (primary N) is 1. The molecule has 0 aliphatic heterocycles. The maximum atomic E-state index is 11.7. The summed E-state index contributed by atoms with van der Waals surface area (Å²) in [6.45, 7) is 0.400. The molecule has 1 aromatic heterocycles. The minimum Gasteiger partial charge on any atom is -0.755 e. The minimum absolute atomic E-state index is 0.109. The molecule has 9 nitrogen and oxygen atoms in total. The van der Waals surface area contributed by atoms with E-state index in [0.717, 1.165) is 5.56 Å². The molecule has 0 amide bonds. The van der Waals surface area contributed by atoms with Gasteiger partial charge in [0, 0.05) is 17.7 Å². The molecule has 0 saturated heterocycles. The number of carboxylic acid groups (broad SMARTS) is 1. The van der Waals surface area contributed by atoms with Crippen LogP contribution in [0.15, 0.2) is 35.0 Å². The largest absolute Gasteiger partial charge is 0.755 e. The van der Waals surface area contributed by atoms with Gasteiger partial charge in [0.25, 0.3) is 0 Å². The van der Waals surface area contributed by atoms with Crippen LogP contribution in [0.1, 0.15) is 30.5 Å². The number of hydrogen-bond donors (Lipinski definition) is 2. The number of carbonyl (C=O) groups is 1. The summed E-state index contributed by atoms with van der Waals surface area (Å²) in [5.41, 5.74) is 6.53. The van der Waals surface area contributed by atoms with Gasteiger partial charge in [-0.2, -0.15) is 0 Å². The zero-order valence-electron chi connectivity index (χ0n) is 13.4. The maximum absolute atomic E-state index is 11.7. The molecule has 2 rings (SSSR count). The molecule has 2 atom stereocenters. The summed E-state index contributed by atoms with van der Waals surface area (Å²) in [5, 5.41) is 16.8. The van der Waals surface area contributed by atoms with Crippen LogP contribution < -0.4 is 10.0 Å². The number of anilines is 1. The standard InChI is InChI=1S/C15H20N4O5S/c16-9-5-4-8-13(15(20)21)19(25(22)23)14-12(17-24-18-14)10-11-6-2-1-3-7-11/h1-3,6-7,13H,4-5,8-10,16H2,(H,20,21)(H,22,23)/p-1. The van der Waals surface area contributed by atoms with Gasteiger partial charge in [-0.3, -0.25) is 8.51 Å². The van der Waals surface area contributed by atoms with Crippen LogP contribution >= 0.6 is 0 Å². The molecule has 136 valence electrons. The number of hydrogen-bond acceptors (Lipinski definition) is 7. The fourth-order valence-corrected chi connectivity index (χ4v) is 3.10. The Morgan fingerprint density at radius 2 is 2.04 bits per heavy atom. The second kappa shape index (κ2) is 9.25. The first-order chi connectivity index (χ1) is 12.0. The Labute approximate surface area is 147 Å². The highest BCUT2D eigenvalue weighted by molar-refractivity contribution is 7.80. The van der Waals surface area contributed by atoms with Crippen LogP contribution in [0, 0.1) is 0 Å². The van der Waals surface area contributed by atoms with E-state index in [-0.39, 0.29) is 24.4 Å². The van der Waals surface area contributed by atoms with E-state index in [1.54, 1.807) is 0 Å². The molecule has 0 radical (unpaired) electrons. The third-order valence-electron chi connectivity index (χ3n) is 3.62. The van der Waals surface area contributed by atoms with Crippen LogP contribution in [0.3, 0.4) is 0 Å². The van der Waals surface area contributed by atoms with E-state index in [4.69, 9.17) is 5.73 Å². The van der Waals surface area contributed by atoms with E-state index in [1.165, 1.54) is 0 Å². The van der Waals surface area contributed by atoms with Gasteiger partial charge in [0.05, 0.1) is 0 Å². The second-order valence-electron chi connectivity index (χ2n) is 5.38. The first kappa shape index (κ1) is 19.0. The number of nitrogens with zero attached hydrogens (tertiary/aromatic N) is 3. The SMILES string of the molecule is NCCCCC(C(=O)O)N(c1nonc1Cc1ccccc1)S(=O)[O-]. The molecule has 0 aliphatic carbocycles.